The van der Waals surface area contributed by atoms with E-state index in [2.05, 4.69) is 55.0 Å². The van der Waals surface area contributed by atoms with Gasteiger partial charge >= 0.3 is 0 Å². The molecule has 3 heteroatoms. The Morgan fingerprint density at radius 2 is 1.80 bits per heavy atom. The molecule has 0 bridgehead atoms. The van der Waals surface area contributed by atoms with Crippen molar-refractivity contribution < 1.29 is 0 Å². The lowest BCUT2D eigenvalue weighted by atomic mass is 10.1. The van der Waals surface area contributed by atoms with Crippen LogP contribution < -0.4 is 10.6 Å². The highest BCUT2D eigenvalue weighted by Gasteiger charge is 2.15. The molecule has 0 spiro atoms. The molecule has 0 saturated carbocycles. The van der Waals surface area contributed by atoms with Crippen LogP contribution in [0, 0.1) is 0 Å². The van der Waals surface area contributed by atoms with Crippen molar-refractivity contribution in [3.63, 3.8) is 0 Å². The van der Waals surface area contributed by atoms with E-state index in [0.29, 0.717) is 0 Å². The van der Waals surface area contributed by atoms with Gasteiger partial charge in [-0.15, -0.1) is 11.8 Å². The molecule has 0 aliphatic rings. The molecule has 15 heavy (non-hydrogen) atoms. The maximum atomic E-state index is 3.50. The highest BCUT2D eigenvalue weighted by atomic mass is 32.2. The topological polar surface area (TPSA) is 24.1 Å². The number of thioether (sulfide) groups is 1. The van der Waals surface area contributed by atoms with E-state index in [-0.39, 0.29) is 5.54 Å². The second kappa shape index (κ2) is 5.42. The van der Waals surface area contributed by atoms with Crippen molar-refractivity contribution in [2.75, 3.05) is 25.2 Å². The molecule has 0 aliphatic carbocycles. The summed E-state index contributed by atoms with van der Waals surface area (Å²) in [5.41, 5.74) is 1.25. The maximum Gasteiger partial charge on any atom is 0.0441 e. The van der Waals surface area contributed by atoms with Crippen LogP contribution in [0.3, 0.4) is 0 Å². The summed E-state index contributed by atoms with van der Waals surface area (Å²) < 4.78 is 0. The molecule has 0 heterocycles. The van der Waals surface area contributed by atoms with Crippen LogP contribution in [0.1, 0.15) is 13.8 Å². The van der Waals surface area contributed by atoms with Crippen molar-refractivity contribution in [2.45, 2.75) is 24.3 Å². The summed E-state index contributed by atoms with van der Waals surface area (Å²) in [5, 5.41) is 6.68. The van der Waals surface area contributed by atoms with Crippen molar-refractivity contribution in [3.8, 4) is 0 Å². The normalized spacial score (nSPS) is 11.5. The lowest BCUT2D eigenvalue weighted by molar-refractivity contribution is 0.530. The van der Waals surface area contributed by atoms with Gasteiger partial charge in [0.05, 0.1) is 0 Å². The van der Waals surface area contributed by atoms with Gasteiger partial charge < -0.3 is 10.6 Å². The van der Waals surface area contributed by atoms with Crippen LogP contribution in [0.5, 0.6) is 0 Å². The summed E-state index contributed by atoms with van der Waals surface area (Å²) in [6, 6.07) is 8.54. The van der Waals surface area contributed by atoms with Gasteiger partial charge in [0.2, 0.25) is 0 Å². The van der Waals surface area contributed by atoms with E-state index in [4.69, 9.17) is 0 Å². The molecule has 0 fully saturated rings. The number of hydrogen-bond acceptors (Lipinski definition) is 3. The van der Waals surface area contributed by atoms with Crippen LogP contribution in [0.4, 0.5) is 5.69 Å². The van der Waals surface area contributed by atoms with Crippen LogP contribution in [-0.4, -0.2) is 25.4 Å². The van der Waals surface area contributed by atoms with Gasteiger partial charge in [0, 0.05) is 22.7 Å². The number of nitrogens with one attached hydrogen (secondary N) is 2. The summed E-state index contributed by atoms with van der Waals surface area (Å²) >= 11 is 1.77. The lowest BCUT2D eigenvalue weighted by Crippen LogP contribution is -2.40. The lowest BCUT2D eigenvalue weighted by Gasteiger charge is -2.27. The van der Waals surface area contributed by atoms with E-state index >= 15 is 0 Å². The molecular formula is C12H20N2S. The van der Waals surface area contributed by atoms with Crippen molar-refractivity contribution >= 4 is 17.4 Å². The third-order valence-electron chi connectivity index (χ3n) is 2.19. The SMILES string of the molecule is CNCC(C)(C)Nc1ccc(SC)cc1. The molecule has 1 rings (SSSR count). The van der Waals surface area contributed by atoms with Crippen molar-refractivity contribution in [1.82, 2.24) is 5.32 Å². The Kier molecular flexibility index (Phi) is 4.48. The van der Waals surface area contributed by atoms with Crippen LogP contribution in [0.25, 0.3) is 0 Å². The van der Waals surface area contributed by atoms with Crippen molar-refractivity contribution in [2.24, 2.45) is 0 Å². The standard InChI is InChI=1S/C12H20N2S/c1-12(2,9-13-3)14-10-5-7-11(15-4)8-6-10/h5-8,13-14H,9H2,1-4H3. The third kappa shape index (κ3) is 4.14. The van der Waals surface area contributed by atoms with Crippen LogP contribution in [0.15, 0.2) is 29.2 Å². The molecule has 0 aliphatic heterocycles. The fourth-order valence-corrected chi connectivity index (χ4v) is 1.96. The van der Waals surface area contributed by atoms with Crippen LogP contribution in [-0.2, 0) is 0 Å². The van der Waals surface area contributed by atoms with Crippen molar-refractivity contribution in [3.05, 3.63) is 24.3 Å². The smallest absolute Gasteiger partial charge is 0.0441 e. The number of anilines is 1. The van der Waals surface area contributed by atoms with E-state index in [1.54, 1.807) is 11.8 Å². The first kappa shape index (κ1) is 12.4. The van der Waals surface area contributed by atoms with Gasteiger partial charge in [-0.25, -0.2) is 0 Å². The molecule has 0 aromatic heterocycles. The zero-order chi connectivity index (χ0) is 11.3. The first-order valence-electron chi connectivity index (χ1n) is 5.14. The van der Waals surface area contributed by atoms with Gasteiger partial charge in [0.1, 0.15) is 0 Å². The minimum atomic E-state index is 0.0790. The summed E-state index contributed by atoms with van der Waals surface area (Å²) in [4.78, 5) is 1.30. The average Bonchev–Trinajstić information content (AvgIpc) is 2.18. The largest absolute Gasteiger partial charge is 0.379 e. The predicted molar refractivity (Wildman–Crippen MR) is 69.9 cm³/mol. The molecule has 0 saturated heterocycles. The Labute approximate surface area is 96.8 Å². The first-order chi connectivity index (χ1) is 7.07. The Balaban J connectivity index is 2.64. The third-order valence-corrected chi connectivity index (χ3v) is 2.94. The van der Waals surface area contributed by atoms with Gasteiger partial charge in [0.25, 0.3) is 0 Å². The van der Waals surface area contributed by atoms with Gasteiger partial charge in [-0.1, -0.05) is 0 Å². The average molecular weight is 224 g/mol. The highest BCUT2D eigenvalue weighted by Crippen LogP contribution is 2.19. The van der Waals surface area contributed by atoms with Crippen LogP contribution in [0.2, 0.25) is 0 Å². The second-order valence-electron chi connectivity index (χ2n) is 4.27. The molecule has 2 nitrogen and oxygen atoms in total. The Hall–Kier alpha value is -0.670. The molecule has 0 amide bonds. The highest BCUT2D eigenvalue weighted by molar-refractivity contribution is 7.98. The van der Waals surface area contributed by atoms with Gasteiger partial charge in [0.15, 0.2) is 0 Å². The van der Waals surface area contributed by atoms with E-state index in [9.17, 15) is 0 Å². The fourth-order valence-electron chi connectivity index (χ4n) is 1.55. The summed E-state index contributed by atoms with van der Waals surface area (Å²) in [6.45, 7) is 5.31. The fraction of sp³-hybridized carbons (Fsp3) is 0.500. The summed E-state index contributed by atoms with van der Waals surface area (Å²) in [5.74, 6) is 0. The monoisotopic (exact) mass is 224 g/mol. The minimum absolute atomic E-state index is 0.0790. The quantitative estimate of drug-likeness (QED) is 0.752. The van der Waals surface area contributed by atoms with E-state index in [0.717, 1.165) is 6.54 Å². The molecule has 2 N–H and O–H groups in total. The second-order valence-corrected chi connectivity index (χ2v) is 5.15. The molecule has 0 unspecified atom stereocenters. The van der Waals surface area contributed by atoms with Gasteiger partial charge in [-0.05, 0) is 51.4 Å². The van der Waals surface area contributed by atoms with E-state index in [1.807, 2.05) is 7.05 Å². The van der Waals surface area contributed by atoms with Gasteiger partial charge in [-0.3, -0.25) is 0 Å². The summed E-state index contributed by atoms with van der Waals surface area (Å²) in [7, 11) is 1.97. The first-order valence-corrected chi connectivity index (χ1v) is 6.37. The predicted octanol–water partition coefficient (Wildman–Crippen LogP) is 2.82. The Morgan fingerprint density at radius 1 is 1.20 bits per heavy atom. The van der Waals surface area contributed by atoms with E-state index < -0.39 is 0 Å². The number of hydrogen-bond donors (Lipinski definition) is 2. The zero-order valence-corrected chi connectivity index (χ0v) is 10.7. The Bertz CT molecular complexity index is 293. The molecule has 84 valence electrons. The Morgan fingerprint density at radius 3 is 2.27 bits per heavy atom. The number of rotatable bonds is 5. The minimum Gasteiger partial charge on any atom is -0.379 e. The van der Waals surface area contributed by atoms with Gasteiger partial charge in [-0.2, -0.15) is 0 Å². The van der Waals surface area contributed by atoms with Crippen molar-refractivity contribution in [1.29, 1.82) is 0 Å². The molecule has 1 aromatic carbocycles. The summed E-state index contributed by atoms with van der Waals surface area (Å²) in [6.07, 6.45) is 2.09. The number of likely N-dealkylation sites (N-methyl/N-ethyl adjacent to an activating group) is 1. The molecular weight excluding hydrogens is 204 g/mol. The van der Waals surface area contributed by atoms with Crippen LogP contribution >= 0.6 is 11.8 Å². The number of benzene rings is 1. The zero-order valence-electron chi connectivity index (χ0n) is 9.92. The molecule has 0 radical (unpaired) electrons. The van der Waals surface area contributed by atoms with E-state index in [1.165, 1.54) is 10.6 Å². The molecule has 1 aromatic rings. The maximum absolute atomic E-state index is 3.50. The molecule has 0 atom stereocenters.